The Balaban J connectivity index is 1.83. The molecule has 0 aliphatic heterocycles. The molecule has 0 fully saturated rings. The summed E-state index contributed by atoms with van der Waals surface area (Å²) in [4.78, 5) is 11.6. The van der Waals surface area contributed by atoms with Gasteiger partial charge in [-0.2, -0.15) is 16.6 Å². The van der Waals surface area contributed by atoms with Crippen molar-refractivity contribution in [3.8, 4) is 6.07 Å². The Morgan fingerprint density at radius 2 is 2.00 bits per heavy atom. The minimum atomic E-state index is 0.0118. The molecule has 4 heteroatoms. The molecule has 1 heterocycles. The van der Waals surface area contributed by atoms with E-state index in [1.807, 2.05) is 29.0 Å². The molecule has 1 aromatic heterocycles. The monoisotopic (exact) mass is 256 g/mol. The Kier molecular flexibility index (Phi) is 4.11. The standard InChI is InChI=1S/C14H12N2OS/c15-8-11-1-3-12(4-2-11)9-16-14(17)7-13-5-6-18-10-13/h1-6,10H,7,9H2,(H,16,17). The van der Waals surface area contributed by atoms with Crippen LogP contribution in [0.2, 0.25) is 0 Å². The average molecular weight is 256 g/mol. The largest absolute Gasteiger partial charge is 0.352 e. The number of carbonyl (C=O) groups is 1. The lowest BCUT2D eigenvalue weighted by Crippen LogP contribution is -2.24. The van der Waals surface area contributed by atoms with Gasteiger partial charge in [-0.1, -0.05) is 12.1 Å². The molecule has 2 rings (SSSR count). The van der Waals surface area contributed by atoms with Gasteiger partial charge in [0.05, 0.1) is 18.1 Å². The fourth-order valence-corrected chi connectivity index (χ4v) is 2.21. The van der Waals surface area contributed by atoms with E-state index >= 15 is 0 Å². The molecule has 18 heavy (non-hydrogen) atoms. The lowest BCUT2D eigenvalue weighted by atomic mass is 10.1. The van der Waals surface area contributed by atoms with Crippen molar-refractivity contribution in [2.24, 2.45) is 0 Å². The van der Waals surface area contributed by atoms with Crippen molar-refractivity contribution in [2.75, 3.05) is 0 Å². The predicted molar refractivity (Wildman–Crippen MR) is 71.0 cm³/mol. The fraction of sp³-hybridized carbons (Fsp3) is 0.143. The van der Waals surface area contributed by atoms with Crippen molar-refractivity contribution >= 4 is 17.2 Å². The summed E-state index contributed by atoms with van der Waals surface area (Å²) in [6, 6.07) is 11.2. The summed E-state index contributed by atoms with van der Waals surface area (Å²) in [6.07, 6.45) is 0.416. The SMILES string of the molecule is N#Cc1ccc(CNC(=O)Cc2ccsc2)cc1. The van der Waals surface area contributed by atoms with Crippen LogP contribution < -0.4 is 5.32 Å². The zero-order valence-electron chi connectivity index (χ0n) is 9.72. The highest BCUT2D eigenvalue weighted by molar-refractivity contribution is 7.07. The van der Waals surface area contributed by atoms with Crippen LogP contribution in [0.25, 0.3) is 0 Å². The van der Waals surface area contributed by atoms with Crippen LogP contribution in [-0.4, -0.2) is 5.91 Å². The Morgan fingerprint density at radius 3 is 2.61 bits per heavy atom. The molecule has 2 aromatic rings. The number of hydrogen-bond donors (Lipinski definition) is 1. The third-order valence-electron chi connectivity index (χ3n) is 2.52. The summed E-state index contributed by atoms with van der Waals surface area (Å²) >= 11 is 1.59. The number of nitrogens with one attached hydrogen (secondary N) is 1. The molecule has 90 valence electrons. The smallest absolute Gasteiger partial charge is 0.224 e. The van der Waals surface area contributed by atoms with Gasteiger partial charge in [0, 0.05) is 6.54 Å². The highest BCUT2D eigenvalue weighted by Gasteiger charge is 2.03. The number of hydrogen-bond acceptors (Lipinski definition) is 3. The van der Waals surface area contributed by atoms with Crippen molar-refractivity contribution in [1.29, 1.82) is 5.26 Å². The van der Waals surface area contributed by atoms with Gasteiger partial charge >= 0.3 is 0 Å². The van der Waals surface area contributed by atoms with Crippen LogP contribution in [0.1, 0.15) is 16.7 Å². The van der Waals surface area contributed by atoms with Gasteiger partial charge in [-0.25, -0.2) is 0 Å². The Labute approximate surface area is 110 Å². The van der Waals surface area contributed by atoms with E-state index in [2.05, 4.69) is 11.4 Å². The summed E-state index contributed by atoms with van der Waals surface area (Å²) < 4.78 is 0. The van der Waals surface area contributed by atoms with Gasteiger partial charge in [-0.05, 0) is 40.1 Å². The number of nitriles is 1. The van der Waals surface area contributed by atoms with Crippen LogP contribution in [0, 0.1) is 11.3 Å². The summed E-state index contributed by atoms with van der Waals surface area (Å²) in [5, 5.41) is 15.5. The lowest BCUT2D eigenvalue weighted by molar-refractivity contribution is -0.120. The zero-order valence-corrected chi connectivity index (χ0v) is 10.5. The van der Waals surface area contributed by atoms with E-state index in [0.717, 1.165) is 11.1 Å². The second-order valence-corrected chi connectivity index (χ2v) is 4.67. The molecule has 1 aromatic carbocycles. The van der Waals surface area contributed by atoms with Gasteiger partial charge in [0.25, 0.3) is 0 Å². The average Bonchev–Trinajstić information content (AvgIpc) is 2.90. The number of carbonyl (C=O) groups excluding carboxylic acids is 1. The molecule has 0 saturated carbocycles. The van der Waals surface area contributed by atoms with Crippen LogP contribution in [0.15, 0.2) is 41.1 Å². The molecular weight excluding hydrogens is 244 g/mol. The zero-order chi connectivity index (χ0) is 12.8. The minimum Gasteiger partial charge on any atom is -0.352 e. The van der Waals surface area contributed by atoms with Crippen LogP contribution in [-0.2, 0) is 17.8 Å². The second kappa shape index (κ2) is 5.99. The molecule has 0 saturated heterocycles. The highest BCUT2D eigenvalue weighted by Crippen LogP contribution is 2.07. The number of benzene rings is 1. The fourth-order valence-electron chi connectivity index (χ4n) is 1.54. The van der Waals surface area contributed by atoms with Gasteiger partial charge < -0.3 is 5.32 Å². The van der Waals surface area contributed by atoms with E-state index in [-0.39, 0.29) is 5.91 Å². The molecule has 0 aliphatic rings. The van der Waals surface area contributed by atoms with E-state index in [4.69, 9.17) is 5.26 Å². The van der Waals surface area contributed by atoms with E-state index in [1.165, 1.54) is 0 Å². The van der Waals surface area contributed by atoms with Crippen molar-refractivity contribution in [1.82, 2.24) is 5.32 Å². The van der Waals surface area contributed by atoms with E-state index in [1.54, 1.807) is 23.5 Å². The van der Waals surface area contributed by atoms with Crippen molar-refractivity contribution in [2.45, 2.75) is 13.0 Å². The first-order chi connectivity index (χ1) is 8.78. The molecule has 0 unspecified atom stereocenters. The van der Waals surface area contributed by atoms with Crippen LogP contribution in [0.4, 0.5) is 0 Å². The number of amides is 1. The third-order valence-corrected chi connectivity index (χ3v) is 3.25. The maximum Gasteiger partial charge on any atom is 0.224 e. The van der Waals surface area contributed by atoms with E-state index < -0.39 is 0 Å². The first-order valence-electron chi connectivity index (χ1n) is 5.55. The number of nitrogens with zero attached hydrogens (tertiary/aromatic N) is 1. The number of thiophene rings is 1. The summed E-state index contributed by atoms with van der Waals surface area (Å²) in [6.45, 7) is 0.495. The molecular formula is C14H12N2OS. The molecule has 3 nitrogen and oxygen atoms in total. The highest BCUT2D eigenvalue weighted by atomic mass is 32.1. The third kappa shape index (κ3) is 3.44. The summed E-state index contributed by atoms with van der Waals surface area (Å²) in [7, 11) is 0. The molecule has 0 radical (unpaired) electrons. The second-order valence-electron chi connectivity index (χ2n) is 3.89. The van der Waals surface area contributed by atoms with Gasteiger partial charge in [0.1, 0.15) is 0 Å². The minimum absolute atomic E-state index is 0.0118. The molecule has 1 N–H and O–H groups in total. The Morgan fingerprint density at radius 1 is 1.22 bits per heavy atom. The lowest BCUT2D eigenvalue weighted by Gasteiger charge is -2.04. The molecule has 0 aliphatic carbocycles. The summed E-state index contributed by atoms with van der Waals surface area (Å²) in [5.74, 6) is 0.0118. The van der Waals surface area contributed by atoms with Crippen molar-refractivity contribution in [3.63, 3.8) is 0 Å². The van der Waals surface area contributed by atoms with E-state index in [9.17, 15) is 4.79 Å². The van der Waals surface area contributed by atoms with Crippen LogP contribution >= 0.6 is 11.3 Å². The number of rotatable bonds is 4. The molecule has 0 atom stereocenters. The van der Waals surface area contributed by atoms with Gasteiger partial charge in [-0.3, -0.25) is 4.79 Å². The topological polar surface area (TPSA) is 52.9 Å². The van der Waals surface area contributed by atoms with Gasteiger partial charge in [0.15, 0.2) is 0 Å². The summed E-state index contributed by atoms with van der Waals surface area (Å²) in [5.41, 5.74) is 2.66. The maximum atomic E-state index is 11.6. The van der Waals surface area contributed by atoms with Gasteiger partial charge in [-0.15, -0.1) is 0 Å². The first-order valence-corrected chi connectivity index (χ1v) is 6.49. The molecule has 1 amide bonds. The Bertz CT molecular complexity index is 552. The molecule has 0 bridgehead atoms. The quantitative estimate of drug-likeness (QED) is 0.913. The van der Waals surface area contributed by atoms with Crippen molar-refractivity contribution in [3.05, 3.63) is 57.8 Å². The van der Waals surface area contributed by atoms with Gasteiger partial charge in [0.2, 0.25) is 5.91 Å². The van der Waals surface area contributed by atoms with E-state index in [0.29, 0.717) is 18.5 Å². The normalized spacial score (nSPS) is 9.72. The van der Waals surface area contributed by atoms with Crippen molar-refractivity contribution < 1.29 is 4.79 Å². The Hall–Kier alpha value is -2.12. The van der Waals surface area contributed by atoms with Crippen LogP contribution in [0.3, 0.4) is 0 Å². The first kappa shape index (κ1) is 12.3. The molecule has 0 spiro atoms. The predicted octanol–water partition coefficient (Wildman–Crippen LogP) is 2.48. The maximum absolute atomic E-state index is 11.6. The van der Waals surface area contributed by atoms with Crippen LogP contribution in [0.5, 0.6) is 0 Å².